The summed E-state index contributed by atoms with van der Waals surface area (Å²) in [6.45, 7) is 9.90. The number of benzene rings is 1. The molecule has 0 aliphatic carbocycles. The Morgan fingerprint density at radius 3 is 2.50 bits per heavy atom. The van der Waals surface area contributed by atoms with Crippen molar-refractivity contribution in [1.82, 2.24) is 25.1 Å². The highest BCUT2D eigenvalue weighted by Crippen LogP contribution is 2.30. The van der Waals surface area contributed by atoms with Crippen molar-refractivity contribution in [3.63, 3.8) is 0 Å². The van der Waals surface area contributed by atoms with E-state index in [4.69, 9.17) is 0 Å². The van der Waals surface area contributed by atoms with Gasteiger partial charge in [-0.15, -0.1) is 0 Å². The minimum Gasteiger partial charge on any atom is -0.352 e. The van der Waals surface area contributed by atoms with Gasteiger partial charge in [0.05, 0.1) is 5.69 Å². The van der Waals surface area contributed by atoms with Crippen LogP contribution in [0.25, 0.3) is 11.3 Å². The van der Waals surface area contributed by atoms with Crippen LogP contribution < -0.4 is 4.90 Å². The van der Waals surface area contributed by atoms with Crippen LogP contribution in [-0.4, -0.2) is 51.2 Å². The quantitative estimate of drug-likeness (QED) is 0.751. The third-order valence-corrected chi connectivity index (χ3v) is 5.54. The minimum atomic E-state index is -0.265. The molecule has 1 saturated heterocycles. The van der Waals surface area contributed by atoms with Crippen LogP contribution in [0.4, 0.5) is 10.2 Å². The fourth-order valence-corrected chi connectivity index (χ4v) is 4.08. The largest absolute Gasteiger partial charge is 0.352 e. The van der Waals surface area contributed by atoms with Crippen molar-refractivity contribution >= 4 is 5.82 Å². The molecule has 1 atom stereocenters. The first-order valence-corrected chi connectivity index (χ1v) is 9.62. The van der Waals surface area contributed by atoms with Crippen LogP contribution in [0.1, 0.15) is 29.9 Å². The maximum atomic E-state index is 13.7. The number of rotatable bonds is 4. The summed E-state index contributed by atoms with van der Waals surface area (Å²) in [5.41, 5.74) is 4.96. The van der Waals surface area contributed by atoms with Crippen LogP contribution in [0.15, 0.2) is 36.7 Å². The van der Waals surface area contributed by atoms with E-state index in [0.717, 1.165) is 54.6 Å². The standard InChI is InChI=1S/C21H25FN6/c1-14-19(15(2)26-25-14)16(3)27-9-11-28(12-10-27)21-20(23-7-8-24-21)17-5-4-6-18(22)13-17/h4-8,13,16H,9-12H2,1-3H3,(H,25,26). The van der Waals surface area contributed by atoms with Crippen molar-refractivity contribution in [2.75, 3.05) is 31.1 Å². The molecule has 28 heavy (non-hydrogen) atoms. The van der Waals surface area contributed by atoms with Gasteiger partial charge in [-0.25, -0.2) is 9.37 Å². The Bertz CT molecular complexity index is 942. The van der Waals surface area contributed by atoms with E-state index in [9.17, 15) is 4.39 Å². The molecule has 0 bridgehead atoms. The van der Waals surface area contributed by atoms with Crippen LogP contribution >= 0.6 is 0 Å². The zero-order valence-corrected chi connectivity index (χ0v) is 16.5. The Hall–Kier alpha value is -2.80. The Labute approximate surface area is 164 Å². The van der Waals surface area contributed by atoms with E-state index in [-0.39, 0.29) is 5.82 Å². The molecular weight excluding hydrogens is 355 g/mol. The van der Waals surface area contributed by atoms with Crippen LogP contribution in [0.5, 0.6) is 0 Å². The number of hydrogen-bond donors (Lipinski definition) is 1. The van der Waals surface area contributed by atoms with Gasteiger partial charge in [0.1, 0.15) is 11.5 Å². The summed E-state index contributed by atoms with van der Waals surface area (Å²) in [4.78, 5) is 13.8. The molecule has 1 fully saturated rings. The van der Waals surface area contributed by atoms with Gasteiger partial charge in [-0.1, -0.05) is 12.1 Å². The molecule has 2 aromatic heterocycles. The predicted octanol–water partition coefficient (Wildman–Crippen LogP) is 3.51. The van der Waals surface area contributed by atoms with Gasteiger partial charge < -0.3 is 4.90 Å². The molecule has 6 nitrogen and oxygen atoms in total. The Kier molecular flexibility index (Phi) is 5.09. The summed E-state index contributed by atoms with van der Waals surface area (Å²) in [6.07, 6.45) is 3.36. The normalized spacial score (nSPS) is 16.4. The second kappa shape index (κ2) is 7.67. The molecule has 0 radical (unpaired) electrons. The second-order valence-electron chi connectivity index (χ2n) is 7.29. The van der Waals surface area contributed by atoms with Crippen LogP contribution in [0.2, 0.25) is 0 Å². The lowest BCUT2D eigenvalue weighted by Crippen LogP contribution is -2.47. The fourth-order valence-electron chi connectivity index (χ4n) is 4.08. The lowest BCUT2D eigenvalue weighted by molar-refractivity contribution is 0.197. The molecule has 1 aromatic carbocycles. The first-order valence-electron chi connectivity index (χ1n) is 9.62. The van der Waals surface area contributed by atoms with E-state index in [0.29, 0.717) is 6.04 Å². The summed E-state index contributed by atoms with van der Waals surface area (Å²) < 4.78 is 13.7. The number of nitrogens with one attached hydrogen (secondary N) is 1. The van der Waals surface area contributed by atoms with Gasteiger partial charge >= 0.3 is 0 Å². The van der Waals surface area contributed by atoms with Gasteiger partial charge in [0.2, 0.25) is 0 Å². The van der Waals surface area contributed by atoms with E-state index >= 15 is 0 Å². The number of aromatic nitrogens is 4. The molecule has 1 unspecified atom stereocenters. The summed E-state index contributed by atoms with van der Waals surface area (Å²) in [5.74, 6) is 0.551. The molecule has 4 rings (SSSR count). The molecule has 3 heterocycles. The summed E-state index contributed by atoms with van der Waals surface area (Å²) >= 11 is 0. The predicted molar refractivity (Wildman–Crippen MR) is 108 cm³/mol. The average Bonchev–Trinajstić information content (AvgIpc) is 3.06. The van der Waals surface area contributed by atoms with Gasteiger partial charge in [0, 0.05) is 61.4 Å². The summed E-state index contributed by atoms with van der Waals surface area (Å²) in [5, 5.41) is 7.42. The highest BCUT2D eigenvalue weighted by molar-refractivity contribution is 5.72. The molecule has 1 aliphatic heterocycles. The van der Waals surface area contributed by atoms with Crippen LogP contribution in [-0.2, 0) is 0 Å². The molecule has 0 saturated carbocycles. The Balaban J connectivity index is 1.52. The zero-order chi connectivity index (χ0) is 19.7. The van der Waals surface area contributed by atoms with Crippen LogP contribution in [0.3, 0.4) is 0 Å². The highest BCUT2D eigenvalue weighted by atomic mass is 19.1. The van der Waals surface area contributed by atoms with Crippen molar-refractivity contribution < 1.29 is 4.39 Å². The summed E-state index contributed by atoms with van der Waals surface area (Å²) in [7, 11) is 0. The van der Waals surface area contributed by atoms with Crippen LogP contribution in [0, 0.1) is 19.7 Å². The topological polar surface area (TPSA) is 60.9 Å². The molecule has 7 heteroatoms. The average molecular weight is 380 g/mol. The smallest absolute Gasteiger partial charge is 0.155 e. The second-order valence-corrected chi connectivity index (χ2v) is 7.29. The van der Waals surface area contributed by atoms with Gasteiger partial charge in [-0.2, -0.15) is 5.10 Å². The minimum absolute atomic E-state index is 0.265. The van der Waals surface area contributed by atoms with Crippen molar-refractivity contribution in [2.24, 2.45) is 0 Å². The maximum Gasteiger partial charge on any atom is 0.155 e. The van der Waals surface area contributed by atoms with E-state index in [1.54, 1.807) is 18.5 Å². The van der Waals surface area contributed by atoms with E-state index in [1.165, 1.54) is 17.7 Å². The first kappa shape index (κ1) is 18.6. The van der Waals surface area contributed by atoms with E-state index < -0.39 is 0 Å². The number of aromatic amines is 1. The molecule has 146 valence electrons. The summed E-state index contributed by atoms with van der Waals surface area (Å²) in [6, 6.07) is 6.85. The molecule has 0 amide bonds. The van der Waals surface area contributed by atoms with Crippen molar-refractivity contribution in [3.8, 4) is 11.3 Å². The lowest BCUT2D eigenvalue weighted by atomic mass is 10.0. The highest BCUT2D eigenvalue weighted by Gasteiger charge is 2.27. The third-order valence-electron chi connectivity index (χ3n) is 5.54. The molecule has 3 aromatic rings. The molecule has 1 N–H and O–H groups in total. The third kappa shape index (κ3) is 3.49. The van der Waals surface area contributed by atoms with Gasteiger partial charge in [0.15, 0.2) is 5.82 Å². The molecule has 1 aliphatic rings. The maximum absolute atomic E-state index is 13.7. The van der Waals surface area contributed by atoms with Gasteiger partial charge in [-0.3, -0.25) is 15.0 Å². The number of hydrogen-bond acceptors (Lipinski definition) is 5. The van der Waals surface area contributed by atoms with E-state index in [2.05, 4.69) is 50.7 Å². The monoisotopic (exact) mass is 380 g/mol. The number of aryl methyl sites for hydroxylation is 2. The van der Waals surface area contributed by atoms with Gasteiger partial charge in [-0.05, 0) is 32.9 Å². The molecular formula is C21H25FN6. The number of H-pyrrole nitrogens is 1. The molecule has 0 spiro atoms. The fraction of sp³-hybridized carbons (Fsp3) is 0.381. The SMILES string of the molecule is Cc1n[nH]c(C)c1C(C)N1CCN(c2nccnc2-c2cccc(F)c2)CC1. The van der Waals surface area contributed by atoms with Crippen molar-refractivity contribution in [3.05, 3.63) is 59.4 Å². The lowest BCUT2D eigenvalue weighted by Gasteiger charge is -2.39. The number of halogens is 1. The Morgan fingerprint density at radius 2 is 1.82 bits per heavy atom. The number of piperazine rings is 1. The zero-order valence-electron chi connectivity index (χ0n) is 16.5. The van der Waals surface area contributed by atoms with Crippen molar-refractivity contribution in [2.45, 2.75) is 26.8 Å². The van der Waals surface area contributed by atoms with Crippen molar-refractivity contribution in [1.29, 1.82) is 0 Å². The first-order chi connectivity index (χ1) is 13.5. The van der Waals surface area contributed by atoms with Gasteiger partial charge in [0.25, 0.3) is 0 Å². The van der Waals surface area contributed by atoms with E-state index in [1.807, 2.05) is 6.07 Å². The number of anilines is 1. The Morgan fingerprint density at radius 1 is 1.07 bits per heavy atom. The number of nitrogens with zero attached hydrogens (tertiary/aromatic N) is 5.